The molecule has 2 aromatic rings. The SMILES string of the molecule is CCCC(=O)Nc1ccc(CC(=O)N[C@@H](C)Cn2nc(C)cc2C)cc1. The van der Waals surface area contributed by atoms with Crippen molar-refractivity contribution in [3.63, 3.8) is 0 Å². The van der Waals surface area contributed by atoms with Gasteiger partial charge in [-0.25, -0.2) is 0 Å². The number of aryl methyl sites for hydroxylation is 2. The average Bonchev–Trinajstić information content (AvgIpc) is 2.86. The van der Waals surface area contributed by atoms with Gasteiger partial charge in [0.2, 0.25) is 11.8 Å². The molecule has 1 aromatic carbocycles. The van der Waals surface area contributed by atoms with Crippen molar-refractivity contribution < 1.29 is 9.59 Å². The normalized spacial score (nSPS) is 11.8. The Morgan fingerprint density at radius 1 is 1.15 bits per heavy atom. The molecule has 1 aromatic heterocycles. The molecule has 6 heteroatoms. The predicted molar refractivity (Wildman–Crippen MR) is 103 cm³/mol. The third kappa shape index (κ3) is 6.02. The minimum atomic E-state index is -0.0261. The number of amides is 2. The van der Waals surface area contributed by atoms with Gasteiger partial charge >= 0.3 is 0 Å². The lowest BCUT2D eigenvalue weighted by Gasteiger charge is -2.15. The highest BCUT2D eigenvalue weighted by atomic mass is 16.2. The largest absolute Gasteiger partial charge is 0.351 e. The first-order valence-electron chi connectivity index (χ1n) is 9.06. The first-order valence-corrected chi connectivity index (χ1v) is 9.06. The summed E-state index contributed by atoms with van der Waals surface area (Å²) < 4.78 is 1.91. The van der Waals surface area contributed by atoms with Crippen molar-refractivity contribution in [3.8, 4) is 0 Å². The monoisotopic (exact) mass is 356 g/mol. The van der Waals surface area contributed by atoms with Crippen molar-refractivity contribution in [2.75, 3.05) is 5.32 Å². The van der Waals surface area contributed by atoms with E-state index in [9.17, 15) is 9.59 Å². The molecule has 0 bridgehead atoms. The lowest BCUT2D eigenvalue weighted by molar-refractivity contribution is -0.121. The molecule has 0 aliphatic rings. The smallest absolute Gasteiger partial charge is 0.224 e. The first-order chi connectivity index (χ1) is 12.4. The van der Waals surface area contributed by atoms with Crippen LogP contribution in [-0.4, -0.2) is 27.6 Å². The number of rotatable bonds is 8. The standard InChI is InChI=1S/C20H28N4O2/c1-5-6-19(25)22-18-9-7-17(8-10-18)12-20(26)21-15(3)13-24-16(4)11-14(2)23-24/h7-11,15H,5-6,12-13H2,1-4H3,(H,21,26)(H,22,25)/t15-/m0/s1. The van der Waals surface area contributed by atoms with Gasteiger partial charge in [-0.05, 0) is 51.0 Å². The van der Waals surface area contributed by atoms with Crippen LogP contribution in [0.3, 0.4) is 0 Å². The molecule has 1 atom stereocenters. The molecule has 1 heterocycles. The number of anilines is 1. The van der Waals surface area contributed by atoms with Gasteiger partial charge in [-0.2, -0.15) is 5.10 Å². The average molecular weight is 356 g/mol. The van der Waals surface area contributed by atoms with Gasteiger partial charge in [0.05, 0.1) is 18.7 Å². The number of aromatic nitrogens is 2. The van der Waals surface area contributed by atoms with Gasteiger partial charge in [-0.1, -0.05) is 19.1 Å². The topological polar surface area (TPSA) is 76.0 Å². The van der Waals surface area contributed by atoms with E-state index in [-0.39, 0.29) is 17.9 Å². The van der Waals surface area contributed by atoms with Crippen LogP contribution in [-0.2, 0) is 22.6 Å². The number of nitrogens with one attached hydrogen (secondary N) is 2. The molecule has 0 aliphatic heterocycles. The predicted octanol–water partition coefficient (Wildman–Crippen LogP) is 2.99. The van der Waals surface area contributed by atoms with E-state index in [2.05, 4.69) is 15.7 Å². The van der Waals surface area contributed by atoms with E-state index in [1.54, 1.807) is 0 Å². The highest BCUT2D eigenvalue weighted by molar-refractivity contribution is 5.90. The van der Waals surface area contributed by atoms with Crippen LogP contribution in [0.25, 0.3) is 0 Å². The Morgan fingerprint density at radius 2 is 1.85 bits per heavy atom. The van der Waals surface area contributed by atoms with Crippen LogP contribution >= 0.6 is 0 Å². The summed E-state index contributed by atoms with van der Waals surface area (Å²) >= 11 is 0. The fourth-order valence-corrected chi connectivity index (χ4v) is 2.83. The molecular formula is C20H28N4O2. The number of carbonyl (C=O) groups excluding carboxylic acids is 2. The van der Waals surface area contributed by atoms with Crippen molar-refractivity contribution in [2.45, 2.75) is 59.5 Å². The first kappa shape index (κ1) is 19.7. The minimum absolute atomic E-state index is 0.00638. The van der Waals surface area contributed by atoms with Crippen molar-refractivity contribution in [1.82, 2.24) is 15.1 Å². The van der Waals surface area contributed by atoms with Gasteiger partial charge in [-0.15, -0.1) is 0 Å². The number of nitrogens with zero attached hydrogens (tertiary/aromatic N) is 2. The van der Waals surface area contributed by atoms with Crippen LogP contribution < -0.4 is 10.6 Å². The molecule has 0 aliphatic carbocycles. The Morgan fingerprint density at radius 3 is 2.42 bits per heavy atom. The summed E-state index contributed by atoms with van der Waals surface area (Å²) in [5.74, 6) is -0.0160. The van der Waals surface area contributed by atoms with E-state index in [1.807, 2.05) is 62.7 Å². The molecule has 2 amide bonds. The fourth-order valence-electron chi connectivity index (χ4n) is 2.83. The van der Waals surface area contributed by atoms with Crippen LogP contribution in [0.1, 0.15) is 43.6 Å². The highest BCUT2D eigenvalue weighted by Gasteiger charge is 2.11. The summed E-state index contributed by atoms with van der Waals surface area (Å²) in [7, 11) is 0. The Bertz CT molecular complexity index is 750. The maximum Gasteiger partial charge on any atom is 0.224 e. The molecule has 0 spiro atoms. The number of carbonyl (C=O) groups is 2. The molecule has 26 heavy (non-hydrogen) atoms. The second-order valence-electron chi connectivity index (χ2n) is 6.75. The van der Waals surface area contributed by atoms with Gasteiger partial charge < -0.3 is 10.6 Å². The summed E-state index contributed by atoms with van der Waals surface area (Å²) in [5, 5.41) is 10.3. The van der Waals surface area contributed by atoms with E-state index in [1.165, 1.54) is 0 Å². The highest BCUT2D eigenvalue weighted by Crippen LogP contribution is 2.11. The lowest BCUT2D eigenvalue weighted by atomic mass is 10.1. The van der Waals surface area contributed by atoms with Crippen molar-refractivity contribution in [1.29, 1.82) is 0 Å². The van der Waals surface area contributed by atoms with Gasteiger partial charge in [0.1, 0.15) is 0 Å². The third-order valence-electron chi connectivity index (χ3n) is 4.04. The quantitative estimate of drug-likeness (QED) is 0.763. The molecule has 140 valence electrons. The molecule has 2 N–H and O–H groups in total. The Kier molecular flexibility index (Phi) is 6.95. The van der Waals surface area contributed by atoms with Crippen LogP contribution in [0.4, 0.5) is 5.69 Å². The zero-order chi connectivity index (χ0) is 19.1. The zero-order valence-corrected chi connectivity index (χ0v) is 16.0. The van der Waals surface area contributed by atoms with Crippen LogP contribution in [0.5, 0.6) is 0 Å². The maximum absolute atomic E-state index is 12.2. The number of hydrogen-bond acceptors (Lipinski definition) is 3. The molecule has 2 rings (SSSR count). The zero-order valence-electron chi connectivity index (χ0n) is 16.0. The van der Waals surface area contributed by atoms with E-state index in [4.69, 9.17) is 0 Å². The Hall–Kier alpha value is -2.63. The second-order valence-corrected chi connectivity index (χ2v) is 6.75. The van der Waals surface area contributed by atoms with Crippen molar-refractivity contribution in [3.05, 3.63) is 47.3 Å². The maximum atomic E-state index is 12.2. The van der Waals surface area contributed by atoms with E-state index >= 15 is 0 Å². The van der Waals surface area contributed by atoms with Gasteiger partial charge in [0.25, 0.3) is 0 Å². The van der Waals surface area contributed by atoms with Gasteiger partial charge in [0, 0.05) is 23.8 Å². The summed E-state index contributed by atoms with van der Waals surface area (Å²) in [6, 6.07) is 9.41. The van der Waals surface area contributed by atoms with Crippen LogP contribution in [0.2, 0.25) is 0 Å². The molecule has 0 saturated carbocycles. The number of benzene rings is 1. The molecule has 0 radical (unpaired) electrons. The fraction of sp³-hybridized carbons (Fsp3) is 0.450. The van der Waals surface area contributed by atoms with Crippen LogP contribution in [0.15, 0.2) is 30.3 Å². The number of hydrogen-bond donors (Lipinski definition) is 2. The summed E-state index contributed by atoms with van der Waals surface area (Å²) in [6.45, 7) is 8.56. The molecular weight excluding hydrogens is 328 g/mol. The summed E-state index contributed by atoms with van der Waals surface area (Å²) in [5.41, 5.74) is 3.73. The lowest BCUT2D eigenvalue weighted by Crippen LogP contribution is -2.37. The van der Waals surface area contributed by atoms with E-state index in [0.29, 0.717) is 19.4 Å². The van der Waals surface area contributed by atoms with Gasteiger partial charge in [-0.3, -0.25) is 14.3 Å². The summed E-state index contributed by atoms with van der Waals surface area (Å²) in [4.78, 5) is 23.8. The van der Waals surface area contributed by atoms with Crippen molar-refractivity contribution in [2.24, 2.45) is 0 Å². The van der Waals surface area contributed by atoms with Crippen LogP contribution in [0, 0.1) is 13.8 Å². The third-order valence-corrected chi connectivity index (χ3v) is 4.04. The Labute approximate surface area is 155 Å². The Balaban J connectivity index is 1.83. The molecule has 0 saturated heterocycles. The summed E-state index contributed by atoms with van der Waals surface area (Å²) in [6.07, 6.45) is 1.64. The molecule has 6 nitrogen and oxygen atoms in total. The second kappa shape index (κ2) is 9.17. The van der Waals surface area contributed by atoms with E-state index in [0.717, 1.165) is 29.1 Å². The minimum Gasteiger partial charge on any atom is -0.351 e. The van der Waals surface area contributed by atoms with Gasteiger partial charge in [0.15, 0.2) is 0 Å². The van der Waals surface area contributed by atoms with Crippen molar-refractivity contribution >= 4 is 17.5 Å². The van der Waals surface area contributed by atoms with E-state index < -0.39 is 0 Å². The molecule has 0 unspecified atom stereocenters. The molecule has 0 fully saturated rings.